The molecule has 0 fully saturated rings. The van der Waals surface area contributed by atoms with Crippen LogP contribution in [0.1, 0.15) is 11.3 Å². The predicted molar refractivity (Wildman–Crippen MR) is 99.8 cm³/mol. The van der Waals surface area contributed by atoms with Gasteiger partial charge in [-0.25, -0.2) is 18.2 Å². The number of hydrogen-bond donors (Lipinski definition) is 1. The molecular weight excluding hydrogens is 348 g/mol. The van der Waals surface area contributed by atoms with Crippen molar-refractivity contribution in [1.82, 2.24) is 9.78 Å². The molecule has 1 aromatic heterocycles. The summed E-state index contributed by atoms with van der Waals surface area (Å²) in [6.07, 6.45) is 2.97. The molecule has 130 valence electrons. The largest absolute Gasteiger partial charge is 0.238 e. The van der Waals surface area contributed by atoms with Gasteiger partial charge in [-0.1, -0.05) is 29.8 Å². The molecular formula is C19H16N4O2S. The molecule has 0 aliphatic carbocycles. The molecule has 0 atom stereocenters. The summed E-state index contributed by atoms with van der Waals surface area (Å²) in [6.45, 7) is 2.01. The Bertz CT molecular complexity index is 1100. The van der Waals surface area contributed by atoms with E-state index in [0.717, 1.165) is 16.8 Å². The van der Waals surface area contributed by atoms with Crippen LogP contribution in [0.2, 0.25) is 0 Å². The van der Waals surface area contributed by atoms with Gasteiger partial charge < -0.3 is 0 Å². The third kappa shape index (κ3) is 3.72. The van der Waals surface area contributed by atoms with E-state index in [9.17, 15) is 8.42 Å². The van der Waals surface area contributed by atoms with Crippen molar-refractivity contribution in [3.05, 3.63) is 71.9 Å². The van der Waals surface area contributed by atoms with E-state index >= 15 is 0 Å². The monoisotopic (exact) mass is 364 g/mol. The third-order valence-corrected chi connectivity index (χ3v) is 4.74. The fourth-order valence-electron chi connectivity index (χ4n) is 2.51. The zero-order valence-corrected chi connectivity index (χ0v) is 14.8. The molecule has 0 saturated carbocycles. The van der Waals surface area contributed by atoms with Crippen LogP contribution in [0.5, 0.6) is 0 Å². The first kappa shape index (κ1) is 17.6. The third-order valence-electron chi connectivity index (χ3n) is 3.81. The summed E-state index contributed by atoms with van der Waals surface area (Å²) in [5.41, 5.74) is 4.23. The van der Waals surface area contributed by atoms with E-state index in [1.54, 1.807) is 22.9 Å². The summed E-state index contributed by atoms with van der Waals surface area (Å²) in [5, 5.41) is 18.4. The number of aryl methyl sites for hydroxylation is 1. The van der Waals surface area contributed by atoms with Crippen LogP contribution < -0.4 is 5.14 Å². The fourth-order valence-corrected chi connectivity index (χ4v) is 3.02. The van der Waals surface area contributed by atoms with Crippen LogP contribution in [-0.4, -0.2) is 18.2 Å². The maximum absolute atomic E-state index is 11.4. The minimum absolute atomic E-state index is 0.0369. The highest BCUT2D eigenvalue weighted by molar-refractivity contribution is 7.89. The van der Waals surface area contributed by atoms with Crippen LogP contribution in [0.3, 0.4) is 0 Å². The van der Waals surface area contributed by atoms with Crippen molar-refractivity contribution < 1.29 is 8.42 Å². The van der Waals surface area contributed by atoms with Crippen LogP contribution in [-0.2, 0) is 10.0 Å². The normalized spacial score (nSPS) is 11.6. The van der Waals surface area contributed by atoms with Gasteiger partial charge in [-0.3, -0.25) is 0 Å². The number of aromatic nitrogens is 2. The van der Waals surface area contributed by atoms with Gasteiger partial charge in [0.15, 0.2) is 0 Å². The lowest BCUT2D eigenvalue weighted by Gasteiger charge is -2.08. The van der Waals surface area contributed by atoms with Gasteiger partial charge in [0.1, 0.15) is 0 Å². The Morgan fingerprint density at radius 1 is 1.12 bits per heavy atom. The van der Waals surface area contributed by atoms with Crippen LogP contribution in [0.25, 0.3) is 23.0 Å². The predicted octanol–water partition coefficient (Wildman–Crippen LogP) is 3.03. The van der Waals surface area contributed by atoms with E-state index in [4.69, 9.17) is 10.4 Å². The quantitative estimate of drug-likeness (QED) is 0.719. The van der Waals surface area contributed by atoms with Crippen molar-refractivity contribution in [1.29, 1.82) is 5.26 Å². The van der Waals surface area contributed by atoms with Gasteiger partial charge in [0.05, 0.1) is 28.0 Å². The highest BCUT2D eigenvalue weighted by atomic mass is 32.2. The lowest BCUT2D eigenvalue weighted by molar-refractivity contribution is 0.598. The Morgan fingerprint density at radius 2 is 1.77 bits per heavy atom. The zero-order chi connectivity index (χ0) is 18.7. The second-order valence-corrected chi connectivity index (χ2v) is 7.30. The van der Waals surface area contributed by atoms with Gasteiger partial charge in [-0.05, 0) is 43.3 Å². The molecule has 3 aromatic rings. The molecule has 0 spiro atoms. The molecule has 3 rings (SSSR count). The van der Waals surface area contributed by atoms with Crippen LogP contribution in [0.4, 0.5) is 0 Å². The number of nitrogens with two attached hydrogens (primary N) is 1. The van der Waals surface area contributed by atoms with Crippen molar-refractivity contribution >= 4 is 16.1 Å². The summed E-state index contributed by atoms with van der Waals surface area (Å²) < 4.78 is 24.6. The number of nitriles is 1. The Labute approximate surface area is 151 Å². The highest BCUT2D eigenvalue weighted by Gasteiger charge is 2.12. The lowest BCUT2D eigenvalue weighted by Crippen LogP contribution is -2.12. The molecule has 7 heteroatoms. The average molecular weight is 364 g/mol. The second kappa shape index (κ2) is 6.96. The van der Waals surface area contributed by atoms with Crippen LogP contribution in [0.15, 0.2) is 65.6 Å². The van der Waals surface area contributed by atoms with Gasteiger partial charge in [0.2, 0.25) is 10.0 Å². The Balaban J connectivity index is 2.13. The summed E-state index contributed by atoms with van der Waals surface area (Å²) in [5.74, 6) is 0. The Morgan fingerprint density at radius 3 is 2.35 bits per heavy atom. The average Bonchev–Trinajstić information content (AvgIpc) is 3.04. The SMILES string of the molecule is Cc1ccc(-c2cc(/C=C/C#N)nn2-c2ccc(S(N)(=O)=O)cc2)cc1. The Kier molecular flexibility index (Phi) is 4.71. The van der Waals surface area contributed by atoms with E-state index in [0.29, 0.717) is 11.4 Å². The first-order chi connectivity index (χ1) is 12.4. The Hall–Kier alpha value is -3.21. The molecule has 1 heterocycles. The zero-order valence-electron chi connectivity index (χ0n) is 14.0. The first-order valence-corrected chi connectivity index (χ1v) is 9.29. The minimum Gasteiger partial charge on any atom is -0.233 e. The standard InChI is InChI=1S/C19H16N4O2S/c1-14-4-6-15(7-5-14)19-13-16(3-2-12-20)22-23(19)17-8-10-18(11-9-17)26(21,24)25/h2-11,13H,1H3,(H2,21,24,25)/b3-2+. The van der Waals surface area contributed by atoms with Gasteiger partial charge in [-0.15, -0.1) is 0 Å². The van der Waals surface area contributed by atoms with Gasteiger partial charge >= 0.3 is 0 Å². The smallest absolute Gasteiger partial charge is 0.233 e. The number of hydrogen-bond acceptors (Lipinski definition) is 4. The summed E-state index contributed by atoms with van der Waals surface area (Å²) in [7, 11) is -3.75. The van der Waals surface area contributed by atoms with Crippen molar-refractivity contribution in [2.75, 3.05) is 0 Å². The fraction of sp³-hybridized carbons (Fsp3) is 0.0526. The number of benzene rings is 2. The molecule has 0 aliphatic rings. The summed E-state index contributed by atoms with van der Waals surface area (Å²) in [6, 6.07) is 18.0. The number of allylic oxidation sites excluding steroid dienone is 1. The second-order valence-electron chi connectivity index (χ2n) is 5.73. The minimum atomic E-state index is -3.75. The number of primary sulfonamides is 1. The summed E-state index contributed by atoms with van der Waals surface area (Å²) in [4.78, 5) is 0.0369. The van der Waals surface area contributed by atoms with Crippen molar-refractivity contribution in [2.24, 2.45) is 5.14 Å². The molecule has 0 saturated heterocycles. The maximum atomic E-state index is 11.4. The molecule has 2 N–H and O–H groups in total. The van der Waals surface area contributed by atoms with Gasteiger partial charge in [0.25, 0.3) is 0 Å². The molecule has 26 heavy (non-hydrogen) atoms. The van der Waals surface area contributed by atoms with Crippen molar-refractivity contribution in [3.63, 3.8) is 0 Å². The highest BCUT2D eigenvalue weighted by Crippen LogP contribution is 2.25. The number of nitrogens with zero attached hydrogens (tertiary/aromatic N) is 3. The molecule has 0 radical (unpaired) electrons. The van der Waals surface area contributed by atoms with E-state index in [1.165, 1.54) is 18.2 Å². The number of rotatable bonds is 4. The van der Waals surface area contributed by atoms with E-state index in [2.05, 4.69) is 5.10 Å². The molecule has 0 unspecified atom stereocenters. The molecule has 0 bridgehead atoms. The lowest BCUT2D eigenvalue weighted by atomic mass is 10.1. The van der Waals surface area contributed by atoms with Crippen LogP contribution in [0, 0.1) is 18.3 Å². The molecule has 0 amide bonds. The van der Waals surface area contributed by atoms with Crippen molar-refractivity contribution in [2.45, 2.75) is 11.8 Å². The topological polar surface area (TPSA) is 102 Å². The van der Waals surface area contributed by atoms with Gasteiger partial charge in [0, 0.05) is 11.6 Å². The van der Waals surface area contributed by atoms with E-state index < -0.39 is 10.0 Å². The van der Waals surface area contributed by atoms with Gasteiger partial charge in [-0.2, -0.15) is 10.4 Å². The molecule has 2 aromatic carbocycles. The maximum Gasteiger partial charge on any atom is 0.238 e. The van der Waals surface area contributed by atoms with Crippen LogP contribution >= 0.6 is 0 Å². The first-order valence-electron chi connectivity index (χ1n) is 7.75. The number of sulfonamides is 1. The molecule has 6 nitrogen and oxygen atoms in total. The van der Waals surface area contributed by atoms with E-state index in [1.807, 2.05) is 43.3 Å². The van der Waals surface area contributed by atoms with E-state index in [-0.39, 0.29) is 4.90 Å². The molecule has 0 aliphatic heterocycles. The van der Waals surface area contributed by atoms with Crippen molar-refractivity contribution in [3.8, 4) is 23.0 Å². The summed E-state index contributed by atoms with van der Waals surface area (Å²) >= 11 is 0.